The van der Waals surface area contributed by atoms with E-state index in [1.54, 1.807) is 0 Å². The van der Waals surface area contributed by atoms with Crippen LogP contribution in [-0.4, -0.2) is 19.1 Å². The summed E-state index contributed by atoms with van der Waals surface area (Å²) in [6.45, 7) is 0. The summed E-state index contributed by atoms with van der Waals surface area (Å²) >= 11 is 0. The predicted octanol–water partition coefficient (Wildman–Crippen LogP) is 13.1. The predicted molar refractivity (Wildman–Crippen MR) is 226 cm³/mol. The normalized spacial score (nSPS) is 12.0. The van der Waals surface area contributed by atoms with Crippen LogP contribution < -0.4 is 0 Å². The lowest BCUT2D eigenvalue weighted by atomic mass is 10.0. The fourth-order valence-electron chi connectivity index (χ4n) is 8.71. The van der Waals surface area contributed by atoms with Crippen LogP contribution in [0, 0.1) is 0 Å². The van der Waals surface area contributed by atoms with Crippen LogP contribution in [0.2, 0.25) is 0 Å². The summed E-state index contributed by atoms with van der Waals surface area (Å²) in [5.41, 5.74) is 12.3. The second-order valence-electron chi connectivity index (χ2n) is 14.1. The quantitative estimate of drug-likeness (QED) is 0.183. The Morgan fingerprint density at radius 2 is 1.00 bits per heavy atom. The number of benzene rings is 8. The van der Waals surface area contributed by atoms with Crippen molar-refractivity contribution in [2.24, 2.45) is 0 Å². The molecule has 0 spiro atoms. The number of nitrogens with zero attached hydrogens (tertiary/aromatic N) is 4. The molecule has 0 unspecified atom stereocenters. The van der Waals surface area contributed by atoms with E-state index in [4.69, 9.17) is 14.4 Å². The first-order chi connectivity index (χ1) is 27.3. The highest BCUT2D eigenvalue weighted by Crippen LogP contribution is 2.45. The zero-order valence-electron chi connectivity index (χ0n) is 29.5. The molecule has 0 bridgehead atoms. The molecule has 0 radical (unpaired) electrons. The number of hydrogen-bond donors (Lipinski definition) is 0. The SMILES string of the molecule is c1ccc(-c2ccc(-c3nc(-n4c5ccccc5c5ccc6c(c7c8oc9ccccc9c8ccc7n6-c6ccccc6)c54)nc4ccccc34)cc2)cc1. The average molecular weight is 703 g/mol. The first kappa shape index (κ1) is 30.0. The van der Waals surface area contributed by atoms with E-state index in [1.165, 1.54) is 11.1 Å². The Morgan fingerprint density at radius 3 is 1.82 bits per heavy atom. The summed E-state index contributed by atoms with van der Waals surface area (Å²) in [6, 6.07) is 64.0. The van der Waals surface area contributed by atoms with Crippen LogP contribution in [0.15, 0.2) is 186 Å². The van der Waals surface area contributed by atoms with E-state index in [0.717, 1.165) is 93.4 Å². The van der Waals surface area contributed by atoms with Gasteiger partial charge in [0.1, 0.15) is 11.2 Å². The summed E-state index contributed by atoms with van der Waals surface area (Å²) in [5.74, 6) is 0.622. The maximum atomic E-state index is 6.81. The fourth-order valence-corrected chi connectivity index (χ4v) is 8.71. The van der Waals surface area contributed by atoms with Crippen LogP contribution in [0.3, 0.4) is 0 Å². The first-order valence-electron chi connectivity index (χ1n) is 18.6. The largest absolute Gasteiger partial charge is 0.455 e. The molecule has 0 saturated carbocycles. The van der Waals surface area contributed by atoms with Crippen LogP contribution in [0.4, 0.5) is 0 Å². The van der Waals surface area contributed by atoms with Crippen molar-refractivity contribution in [1.29, 1.82) is 0 Å². The number of furan rings is 1. The minimum absolute atomic E-state index is 0.622. The number of rotatable bonds is 4. The Kier molecular flexibility index (Phi) is 6.27. The zero-order chi connectivity index (χ0) is 36.0. The fraction of sp³-hybridized carbons (Fsp3) is 0. The molecule has 4 aromatic heterocycles. The Hall–Kier alpha value is -7.50. The average Bonchev–Trinajstić information content (AvgIpc) is 3.92. The molecule has 0 N–H and O–H groups in total. The molecule has 256 valence electrons. The van der Waals surface area contributed by atoms with Gasteiger partial charge in [-0.1, -0.05) is 133 Å². The summed E-state index contributed by atoms with van der Waals surface area (Å²) in [5, 5.41) is 7.65. The van der Waals surface area contributed by atoms with Gasteiger partial charge in [-0.15, -0.1) is 0 Å². The van der Waals surface area contributed by atoms with E-state index in [9.17, 15) is 0 Å². The lowest BCUT2D eigenvalue weighted by Gasteiger charge is -2.13. The number of para-hydroxylation sites is 4. The van der Waals surface area contributed by atoms with E-state index in [2.05, 4.69) is 179 Å². The van der Waals surface area contributed by atoms with Crippen LogP contribution in [-0.2, 0) is 0 Å². The van der Waals surface area contributed by atoms with Gasteiger partial charge in [0.15, 0.2) is 0 Å². The Labute approximate surface area is 315 Å². The monoisotopic (exact) mass is 702 g/mol. The maximum absolute atomic E-state index is 6.81. The summed E-state index contributed by atoms with van der Waals surface area (Å²) < 4.78 is 11.5. The standard InChI is InChI=1S/C50H30N4O/c1-3-13-31(14-4-1)32-23-25-33(26-24-32)47-39-19-7-10-20-40(39)51-50(52-47)54-41-21-11-8-17-35(41)37-27-29-42-45(48(37)54)46-43(53(42)34-15-5-2-6-16-34)30-28-38-36-18-9-12-22-44(36)55-49(38)46/h1-30H. The highest BCUT2D eigenvalue weighted by atomic mass is 16.3. The van der Waals surface area contributed by atoms with E-state index >= 15 is 0 Å². The third-order valence-electron chi connectivity index (χ3n) is 11.1. The van der Waals surface area contributed by atoms with Gasteiger partial charge in [0.2, 0.25) is 5.95 Å². The van der Waals surface area contributed by atoms with Crippen LogP contribution >= 0.6 is 0 Å². The smallest absolute Gasteiger partial charge is 0.235 e. The van der Waals surface area contributed by atoms with Gasteiger partial charge in [0, 0.05) is 43.6 Å². The third kappa shape index (κ3) is 4.35. The molecule has 5 heteroatoms. The molecule has 0 aliphatic rings. The molecule has 8 aromatic carbocycles. The molecule has 12 rings (SSSR count). The molecule has 5 nitrogen and oxygen atoms in total. The van der Waals surface area contributed by atoms with Gasteiger partial charge in [-0.2, -0.15) is 0 Å². The van der Waals surface area contributed by atoms with Crippen LogP contribution in [0.5, 0.6) is 0 Å². The molecule has 0 amide bonds. The number of hydrogen-bond acceptors (Lipinski definition) is 3. The van der Waals surface area contributed by atoms with Gasteiger partial charge in [0.05, 0.1) is 38.7 Å². The van der Waals surface area contributed by atoms with Gasteiger partial charge in [0.25, 0.3) is 0 Å². The van der Waals surface area contributed by atoms with Crippen molar-refractivity contribution in [3.63, 3.8) is 0 Å². The van der Waals surface area contributed by atoms with E-state index in [0.29, 0.717) is 5.95 Å². The molecule has 4 heterocycles. The molecule has 0 aliphatic heterocycles. The van der Waals surface area contributed by atoms with Crippen molar-refractivity contribution in [3.05, 3.63) is 182 Å². The molecule has 0 fully saturated rings. The number of aromatic nitrogens is 4. The van der Waals surface area contributed by atoms with Crippen LogP contribution in [0.1, 0.15) is 0 Å². The third-order valence-corrected chi connectivity index (χ3v) is 11.1. The molecule has 0 aliphatic carbocycles. The van der Waals surface area contributed by atoms with Crippen LogP contribution in [0.25, 0.3) is 110 Å². The highest BCUT2D eigenvalue weighted by molar-refractivity contribution is 6.32. The molecule has 55 heavy (non-hydrogen) atoms. The van der Waals surface area contributed by atoms with E-state index in [1.807, 2.05) is 12.1 Å². The van der Waals surface area contributed by atoms with Crippen molar-refractivity contribution in [3.8, 4) is 34.0 Å². The van der Waals surface area contributed by atoms with Crippen molar-refractivity contribution in [2.45, 2.75) is 0 Å². The molecule has 12 aromatic rings. The highest BCUT2D eigenvalue weighted by Gasteiger charge is 2.25. The number of fused-ring (bicyclic) bond motifs is 12. The minimum atomic E-state index is 0.622. The van der Waals surface area contributed by atoms with Gasteiger partial charge in [-0.05, 0) is 59.7 Å². The maximum Gasteiger partial charge on any atom is 0.235 e. The van der Waals surface area contributed by atoms with Gasteiger partial charge in [-0.25, -0.2) is 9.97 Å². The second kappa shape index (κ2) is 11.5. The zero-order valence-corrected chi connectivity index (χ0v) is 29.5. The van der Waals surface area contributed by atoms with Crippen molar-refractivity contribution in [2.75, 3.05) is 0 Å². The summed E-state index contributed by atoms with van der Waals surface area (Å²) in [4.78, 5) is 10.8. The van der Waals surface area contributed by atoms with E-state index < -0.39 is 0 Å². The molecular formula is C50H30N4O. The molecule has 0 saturated heterocycles. The van der Waals surface area contributed by atoms with Crippen molar-refractivity contribution >= 4 is 76.5 Å². The van der Waals surface area contributed by atoms with E-state index in [-0.39, 0.29) is 0 Å². The Morgan fingerprint density at radius 1 is 0.382 bits per heavy atom. The van der Waals surface area contributed by atoms with Gasteiger partial charge >= 0.3 is 0 Å². The lowest BCUT2D eigenvalue weighted by molar-refractivity contribution is 0.673. The van der Waals surface area contributed by atoms with Crippen molar-refractivity contribution < 1.29 is 4.42 Å². The van der Waals surface area contributed by atoms with Crippen molar-refractivity contribution in [1.82, 2.24) is 19.1 Å². The Bertz CT molecular complexity index is 3470. The second-order valence-corrected chi connectivity index (χ2v) is 14.1. The lowest BCUT2D eigenvalue weighted by Crippen LogP contribution is -2.03. The van der Waals surface area contributed by atoms with Gasteiger partial charge in [-0.3, -0.25) is 4.57 Å². The first-order valence-corrected chi connectivity index (χ1v) is 18.6. The summed E-state index contributed by atoms with van der Waals surface area (Å²) in [7, 11) is 0. The molecular weight excluding hydrogens is 673 g/mol. The van der Waals surface area contributed by atoms with Gasteiger partial charge < -0.3 is 8.98 Å². The summed E-state index contributed by atoms with van der Waals surface area (Å²) in [6.07, 6.45) is 0. The Balaban J connectivity index is 1.23. The molecule has 0 atom stereocenters. The topological polar surface area (TPSA) is 48.8 Å². The minimum Gasteiger partial charge on any atom is -0.455 e.